The third-order valence-corrected chi connectivity index (χ3v) is 3.29. The zero-order valence-corrected chi connectivity index (χ0v) is 11.8. The van der Waals surface area contributed by atoms with Gasteiger partial charge in [0.15, 0.2) is 0 Å². The molecule has 1 rings (SSSR count). The van der Waals surface area contributed by atoms with Crippen LogP contribution in [0, 0.1) is 5.92 Å². The van der Waals surface area contributed by atoms with Gasteiger partial charge in [-0.25, -0.2) is 9.59 Å². The van der Waals surface area contributed by atoms with Crippen LogP contribution in [0.1, 0.15) is 13.3 Å². The van der Waals surface area contributed by atoms with Crippen molar-refractivity contribution in [3.05, 3.63) is 0 Å². The molecule has 0 spiro atoms. The highest BCUT2D eigenvalue weighted by atomic mass is 16.5. The van der Waals surface area contributed by atoms with Crippen molar-refractivity contribution in [1.82, 2.24) is 9.80 Å². The van der Waals surface area contributed by atoms with Crippen LogP contribution in [0.4, 0.5) is 4.79 Å². The van der Waals surface area contributed by atoms with Gasteiger partial charge in [0, 0.05) is 26.6 Å². The zero-order valence-electron chi connectivity index (χ0n) is 11.8. The van der Waals surface area contributed by atoms with Gasteiger partial charge in [-0.1, -0.05) is 6.92 Å². The Labute approximate surface area is 116 Å². The quantitative estimate of drug-likeness (QED) is 0.667. The number of hydrogen-bond donors (Lipinski definition) is 2. The minimum Gasteiger partial charge on any atom is -0.480 e. The molecule has 1 aliphatic heterocycles. The zero-order chi connectivity index (χ0) is 15.4. The number of hydrogen-bond acceptors (Lipinski definition) is 5. The molecule has 0 aromatic heterocycles. The van der Waals surface area contributed by atoms with E-state index in [4.69, 9.17) is 5.11 Å². The van der Waals surface area contributed by atoms with Crippen LogP contribution in [-0.4, -0.2) is 77.4 Å². The van der Waals surface area contributed by atoms with Crippen LogP contribution in [0.15, 0.2) is 0 Å². The van der Waals surface area contributed by atoms with Crippen molar-refractivity contribution in [2.45, 2.75) is 25.5 Å². The van der Waals surface area contributed by atoms with Crippen molar-refractivity contribution in [1.29, 1.82) is 0 Å². The lowest BCUT2D eigenvalue weighted by atomic mass is 10.2. The molecule has 0 aromatic carbocycles. The Balaban J connectivity index is 2.68. The number of amides is 2. The van der Waals surface area contributed by atoms with Crippen molar-refractivity contribution in [2.75, 3.05) is 27.2 Å². The summed E-state index contributed by atoms with van der Waals surface area (Å²) in [6, 6.07) is -1.56. The summed E-state index contributed by atoms with van der Waals surface area (Å²) in [5.74, 6) is -2.10. The summed E-state index contributed by atoms with van der Waals surface area (Å²) in [4.78, 5) is 36.9. The summed E-state index contributed by atoms with van der Waals surface area (Å²) >= 11 is 0. The number of esters is 1. The first-order valence-electron chi connectivity index (χ1n) is 6.28. The average Bonchev–Trinajstić information content (AvgIpc) is 2.78. The molecule has 0 aliphatic carbocycles. The van der Waals surface area contributed by atoms with E-state index >= 15 is 0 Å². The standard InChI is InChI=1S/C12H20N2O6/c1-7(11(18)20-3)5-13(2)12(19)14-6-8(15)4-9(14)10(16)17/h7-9,15H,4-6H2,1-3H3,(H,16,17)/t7?,8-,9+/m1/s1. The second-order valence-electron chi connectivity index (χ2n) is 4.98. The highest BCUT2D eigenvalue weighted by molar-refractivity contribution is 5.83. The Kier molecular flexibility index (Phi) is 5.32. The van der Waals surface area contributed by atoms with Crippen molar-refractivity contribution >= 4 is 18.0 Å². The molecule has 3 atom stereocenters. The molecule has 2 amide bonds. The Bertz CT molecular complexity index is 399. The van der Waals surface area contributed by atoms with Crippen LogP contribution in [-0.2, 0) is 14.3 Å². The maximum Gasteiger partial charge on any atom is 0.326 e. The fourth-order valence-electron chi connectivity index (χ4n) is 2.24. The summed E-state index contributed by atoms with van der Waals surface area (Å²) < 4.78 is 4.57. The maximum atomic E-state index is 12.2. The molecule has 0 radical (unpaired) electrons. The molecule has 20 heavy (non-hydrogen) atoms. The summed E-state index contributed by atoms with van der Waals surface area (Å²) in [6.07, 6.45) is -0.826. The van der Waals surface area contributed by atoms with Gasteiger partial charge in [-0.3, -0.25) is 4.79 Å². The number of aliphatic hydroxyl groups excluding tert-OH is 1. The van der Waals surface area contributed by atoms with Crippen molar-refractivity contribution in [2.24, 2.45) is 5.92 Å². The highest BCUT2D eigenvalue weighted by Crippen LogP contribution is 2.20. The molecule has 0 aromatic rings. The molecule has 0 bridgehead atoms. The van der Waals surface area contributed by atoms with E-state index in [0.29, 0.717) is 0 Å². The number of urea groups is 1. The Morgan fingerprint density at radius 1 is 1.45 bits per heavy atom. The first kappa shape index (κ1) is 16.2. The van der Waals surface area contributed by atoms with Gasteiger partial charge in [0.05, 0.1) is 19.1 Å². The number of aliphatic hydroxyl groups is 1. The van der Waals surface area contributed by atoms with Crippen LogP contribution >= 0.6 is 0 Å². The number of aliphatic carboxylic acids is 1. The molecular formula is C12H20N2O6. The molecule has 2 N–H and O–H groups in total. The van der Waals surface area contributed by atoms with Crippen LogP contribution in [0.5, 0.6) is 0 Å². The van der Waals surface area contributed by atoms with Gasteiger partial charge in [0.2, 0.25) is 0 Å². The van der Waals surface area contributed by atoms with E-state index in [-0.39, 0.29) is 19.5 Å². The Morgan fingerprint density at radius 2 is 2.05 bits per heavy atom. The normalized spacial score (nSPS) is 23.3. The number of carboxylic acids is 1. The SMILES string of the molecule is COC(=O)C(C)CN(C)C(=O)N1C[C@H](O)C[C@H]1C(=O)O. The third-order valence-electron chi connectivity index (χ3n) is 3.29. The first-order chi connectivity index (χ1) is 9.27. The highest BCUT2D eigenvalue weighted by Gasteiger charge is 2.40. The summed E-state index contributed by atoms with van der Waals surface area (Å²) in [7, 11) is 2.74. The number of ether oxygens (including phenoxy) is 1. The molecule has 114 valence electrons. The number of carbonyl (C=O) groups is 3. The van der Waals surface area contributed by atoms with Gasteiger partial charge >= 0.3 is 18.0 Å². The molecule has 0 saturated carbocycles. The first-order valence-corrected chi connectivity index (χ1v) is 6.28. The predicted molar refractivity (Wildman–Crippen MR) is 68.0 cm³/mol. The Morgan fingerprint density at radius 3 is 2.55 bits per heavy atom. The second kappa shape index (κ2) is 6.56. The van der Waals surface area contributed by atoms with E-state index in [1.54, 1.807) is 6.92 Å². The van der Waals surface area contributed by atoms with Gasteiger partial charge < -0.3 is 24.7 Å². The van der Waals surface area contributed by atoms with Gasteiger partial charge in [-0.05, 0) is 0 Å². The molecule has 1 fully saturated rings. The average molecular weight is 288 g/mol. The van der Waals surface area contributed by atoms with E-state index in [1.165, 1.54) is 19.1 Å². The van der Waals surface area contributed by atoms with Crippen LogP contribution in [0.25, 0.3) is 0 Å². The molecule has 8 nitrogen and oxygen atoms in total. The smallest absolute Gasteiger partial charge is 0.326 e. The molecule has 1 saturated heterocycles. The predicted octanol–water partition coefficient (Wildman–Crippen LogP) is -0.633. The monoisotopic (exact) mass is 288 g/mol. The fraction of sp³-hybridized carbons (Fsp3) is 0.750. The van der Waals surface area contributed by atoms with E-state index in [1.807, 2.05) is 0 Å². The van der Waals surface area contributed by atoms with Crippen molar-refractivity contribution < 1.29 is 29.3 Å². The summed E-state index contributed by atoms with van der Waals surface area (Å²) in [5, 5.41) is 18.6. The largest absolute Gasteiger partial charge is 0.480 e. The minimum absolute atomic E-state index is 0.0153. The van der Waals surface area contributed by atoms with E-state index in [9.17, 15) is 19.5 Å². The number of carboxylic acid groups (broad SMARTS) is 1. The van der Waals surface area contributed by atoms with Crippen molar-refractivity contribution in [3.63, 3.8) is 0 Å². The van der Waals surface area contributed by atoms with E-state index < -0.39 is 36.0 Å². The van der Waals surface area contributed by atoms with Gasteiger partial charge in [0.1, 0.15) is 6.04 Å². The molecular weight excluding hydrogens is 268 g/mol. The molecule has 1 heterocycles. The van der Waals surface area contributed by atoms with Crippen LogP contribution in [0.3, 0.4) is 0 Å². The summed E-state index contributed by atoms with van der Waals surface area (Å²) in [6.45, 7) is 1.71. The second-order valence-corrected chi connectivity index (χ2v) is 4.98. The lowest BCUT2D eigenvalue weighted by molar-refractivity contribution is -0.145. The minimum atomic E-state index is -1.15. The topological polar surface area (TPSA) is 107 Å². The van der Waals surface area contributed by atoms with E-state index in [0.717, 1.165) is 4.90 Å². The Hall–Kier alpha value is -1.83. The van der Waals surface area contributed by atoms with Crippen molar-refractivity contribution in [3.8, 4) is 0 Å². The molecule has 1 aliphatic rings. The van der Waals surface area contributed by atoms with Crippen LogP contribution < -0.4 is 0 Å². The van der Waals surface area contributed by atoms with Gasteiger partial charge in [0.25, 0.3) is 0 Å². The lowest BCUT2D eigenvalue weighted by Gasteiger charge is -2.28. The van der Waals surface area contributed by atoms with Gasteiger partial charge in [-0.15, -0.1) is 0 Å². The van der Waals surface area contributed by atoms with Gasteiger partial charge in [-0.2, -0.15) is 0 Å². The number of carbonyl (C=O) groups excluding carboxylic acids is 2. The maximum absolute atomic E-state index is 12.2. The number of rotatable bonds is 4. The number of nitrogens with zero attached hydrogens (tertiary/aromatic N) is 2. The lowest BCUT2D eigenvalue weighted by Crippen LogP contribution is -2.48. The third kappa shape index (κ3) is 3.60. The molecule has 1 unspecified atom stereocenters. The number of likely N-dealkylation sites (tertiary alicyclic amines) is 1. The van der Waals surface area contributed by atoms with E-state index in [2.05, 4.69) is 4.74 Å². The molecule has 8 heteroatoms. The summed E-state index contributed by atoms with van der Waals surface area (Å²) in [5.41, 5.74) is 0. The number of methoxy groups -OCH3 is 1. The number of β-amino-alcohol motifs (C(OH)–C–C–N with tert-alkyl or cyclic N) is 1. The van der Waals surface area contributed by atoms with Crippen LogP contribution in [0.2, 0.25) is 0 Å². The fourth-order valence-corrected chi connectivity index (χ4v) is 2.24.